The van der Waals surface area contributed by atoms with Gasteiger partial charge in [0.05, 0.1) is 29.8 Å². The third-order valence-electron chi connectivity index (χ3n) is 8.75. The molecule has 0 radical (unpaired) electrons. The van der Waals surface area contributed by atoms with Crippen LogP contribution in [-0.2, 0) is 17.9 Å². The lowest BCUT2D eigenvalue weighted by atomic mass is 9.49. The predicted octanol–water partition coefficient (Wildman–Crippen LogP) is 3.73. The molecule has 5 aliphatic rings. The molecule has 0 aromatic carbocycles. The van der Waals surface area contributed by atoms with Gasteiger partial charge in [-0.05, 0) is 79.9 Å². The van der Waals surface area contributed by atoms with E-state index in [0.29, 0.717) is 25.2 Å². The molecule has 34 heavy (non-hydrogen) atoms. The maximum Gasteiger partial charge on any atom is 0.274 e. The Hall–Kier alpha value is -3.16. The normalized spacial score (nSPS) is 29.4. The monoisotopic (exact) mass is 458 g/mol. The van der Waals surface area contributed by atoms with Crippen LogP contribution in [0.15, 0.2) is 36.9 Å². The van der Waals surface area contributed by atoms with E-state index in [1.807, 2.05) is 23.2 Å². The number of pyridine rings is 1. The van der Waals surface area contributed by atoms with Crippen molar-refractivity contribution in [2.75, 3.05) is 11.9 Å². The highest BCUT2D eigenvalue weighted by molar-refractivity contribution is 5.98. The number of hydrogen-bond acceptors (Lipinski definition) is 4. The summed E-state index contributed by atoms with van der Waals surface area (Å²) in [6.07, 6.45) is 13.8. The van der Waals surface area contributed by atoms with Crippen molar-refractivity contribution in [1.82, 2.24) is 24.1 Å². The van der Waals surface area contributed by atoms with Gasteiger partial charge < -0.3 is 14.8 Å². The van der Waals surface area contributed by atoms with E-state index in [2.05, 4.69) is 20.0 Å². The van der Waals surface area contributed by atoms with Crippen molar-refractivity contribution in [3.05, 3.63) is 48.3 Å². The van der Waals surface area contributed by atoms with Gasteiger partial charge in [-0.2, -0.15) is 5.10 Å². The number of fused-ring (bicyclic) bond motifs is 2. The van der Waals surface area contributed by atoms with E-state index in [9.17, 15) is 9.59 Å². The number of nitrogens with zero attached hydrogens (tertiary/aromatic N) is 5. The highest BCUT2D eigenvalue weighted by Gasteiger charge is 2.51. The second-order valence-corrected chi connectivity index (χ2v) is 11.2. The molecule has 0 spiro atoms. The van der Waals surface area contributed by atoms with Gasteiger partial charge in [-0.3, -0.25) is 9.59 Å². The van der Waals surface area contributed by atoms with Crippen molar-refractivity contribution < 1.29 is 9.59 Å². The fraction of sp³-hybridized carbons (Fsp3) is 0.538. The summed E-state index contributed by atoms with van der Waals surface area (Å²) in [5.41, 5.74) is 3.11. The van der Waals surface area contributed by atoms with Gasteiger partial charge >= 0.3 is 0 Å². The Kier molecular flexibility index (Phi) is 4.41. The van der Waals surface area contributed by atoms with Crippen molar-refractivity contribution in [2.45, 2.75) is 58.0 Å². The standard InChI is InChI=1S/C26H30N6O2/c33-24(13-26-10-17-6-18(11-26)8-19(7-17)12-26)28-21-2-1-3-32-23(21)9-22(29-32)25(34)30-4-5-31-16-27-14-20(31)15-30/h1-3,9,14,16-19H,4-8,10-13,15H2,(H,28,33). The molecule has 3 aromatic heterocycles. The van der Waals surface area contributed by atoms with Crippen molar-refractivity contribution in [3.63, 3.8) is 0 Å². The van der Waals surface area contributed by atoms with Gasteiger partial charge in [-0.25, -0.2) is 9.50 Å². The Labute approximate surface area is 198 Å². The minimum absolute atomic E-state index is 0.0911. The van der Waals surface area contributed by atoms with Crippen LogP contribution in [0.3, 0.4) is 0 Å². The Bertz CT molecular complexity index is 1250. The minimum atomic E-state index is -0.0954. The van der Waals surface area contributed by atoms with Gasteiger partial charge in [-0.1, -0.05) is 0 Å². The first-order valence-electron chi connectivity index (χ1n) is 12.6. The highest BCUT2D eigenvalue weighted by Crippen LogP contribution is 2.61. The molecule has 1 N–H and O–H groups in total. The number of rotatable bonds is 4. The average molecular weight is 459 g/mol. The minimum Gasteiger partial charge on any atom is -0.331 e. The summed E-state index contributed by atoms with van der Waals surface area (Å²) in [4.78, 5) is 32.4. The van der Waals surface area contributed by atoms with Crippen molar-refractivity contribution in [1.29, 1.82) is 0 Å². The molecule has 4 saturated carbocycles. The Balaban J connectivity index is 1.09. The summed E-state index contributed by atoms with van der Waals surface area (Å²) in [5, 5.41) is 7.70. The molecule has 8 rings (SSSR count). The maximum absolute atomic E-state index is 13.2. The second-order valence-electron chi connectivity index (χ2n) is 11.2. The summed E-state index contributed by atoms with van der Waals surface area (Å²) in [5.74, 6) is 2.49. The van der Waals surface area contributed by atoms with Crippen LogP contribution in [0.1, 0.15) is 61.1 Å². The lowest BCUT2D eigenvalue weighted by Gasteiger charge is -2.56. The molecule has 4 fully saturated rings. The van der Waals surface area contributed by atoms with E-state index >= 15 is 0 Å². The van der Waals surface area contributed by atoms with Crippen LogP contribution in [0.25, 0.3) is 5.52 Å². The lowest BCUT2D eigenvalue weighted by molar-refractivity contribution is -0.124. The molecule has 0 saturated heterocycles. The number of nitrogens with one attached hydrogen (secondary N) is 1. The summed E-state index contributed by atoms with van der Waals surface area (Å²) >= 11 is 0. The first kappa shape index (κ1) is 20.2. The first-order valence-corrected chi connectivity index (χ1v) is 12.6. The van der Waals surface area contributed by atoms with E-state index in [-0.39, 0.29) is 17.2 Å². The second kappa shape index (κ2) is 7.42. The van der Waals surface area contributed by atoms with Crippen LogP contribution in [0.5, 0.6) is 0 Å². The summed E-state index contributed by atoms with van der Waals surface area (Å²) in [6, 6.07) is 5.57. The molecule has 4 heterocycles. The zero-order chi connectivity index (χ0) is 22.9. The van der Waals surface area contributed by atoms with Gasteiger partial charge in [0.1, 0.15) is 0 Å². The largest absolute Gasteiger partial charge is 0.331 e. The summed E-state index contributed by atoms with van der Waals surface area (Å²) in [7, 11) is 0. The summed E-state index contributed by atoms with van der Waals surface area (Å²) < 4.78 is 3.77. The molecule has 176 valence electrons. The molecule has 4 bridgehead atoms. The molecule has 2 amide bonds. The smallest absolute Gasteiger partial charge is 0.274 e. The topological polar surface area (TPSA) is 84.5 Å². The van der Waals surface area contributed by atoms with Crippen LogP contribution < -0.4 is 5.32 Å². The molecule has 8 heteroatoms. The van der Waals surface area contributed by atoms with Crippen LogP contribution in [0, 0.1) is 23.2 Å². The Morgan fingerprint density at radius 3 is 2.62 bits per heavy atom. The SMILES string of the molecule is O=C(CC12CC3CC(CC(C3)C1)C2)Nc1cccn2nc(C(=O)N3CCn4cncc4C3)cc12. The van der Waals surface area contributed by atoms with Crippen LogP contribution in [0.2, 0.25) is 0 Å². The van der Waals surface area contributed by atoms with Crippen LogP contribution in [-0.4, -0.2) is 42.4 Å². The number of amides is 2. The van der Waals surface area contributed by atoms with E-state index in [4.69, 9.17) is 0 Å². The van der Waals surface area contributed by atoms with E-state index < -0.39 is 0 Å². The van der Waals surface area contributed by atoms with Gasteiger partial charge in [0, 0.05) is 31.9 Å². The Morgan fingerprint density at radius 2 is 1.85 bits per heavy atom. The van der Waals surface area contributed by atoms with Gasteiger partial charge in [0.15, 0.2) is 5.69 Å². The molecule has 0 atom stereocenters. The van der Waals surface area contributed by atoms with Gasteiger partial charge in [0.2, 0.25) is 5.91 Å². The Morgan fingerprint density at radius 1 is 1.09 bits per heavy atom. The molecular formula is C26H30N6O2. The quantitative estimate of drug-likeness (QED) is 0.646. The van der Waals surface area contributed by atoms with Crippen molar-refractivity contribution in [2.24, 2.45) is 23.2 Å². The molecular weight excluding hydrogens is 428 g/mol. The molecule has 3 aromatic rings. The van der Waals surface area contributed by atoms with E-state index in [0.717, 1.165) is 41.2 Å². The molecule has 1 aliphatic heterocycles. The first-order chi connectivity index (χ1) is 16.5. The number of carbonyl (C=O) groups is 2. The summed E-state index contributed by atoms with van der Waals surface area (Å²) in [6.45, 7) is 1.89. The van der Waals surface area contributed by atoms with Crippen LogP contribution >= 0.6 is 0 Å². The number of imidazole rings is 1. The highest BCUT2D eigenvalue weighted by atomic mass is 16.2. The number of carbonyl (C=O) groups excluding carboxylic acids is 2. The average Bonchev–Trinajstić information content (AvgIpc) is 3.44. The van der Waals surface area contributed by atoms with E-state index in [1.54, 1.807) is 23.1 Å². The zero-order valence-electron chi connectivity index (χ0n) is 19.3. The third-order valence-corrected chi connectivity index (χ3v) is 8.75. The van der Waals surface area contributed by atoms with Gasteiger partial charge in [0.25, 0.3) is 5.91 Å². The predicted molar refractivity (Wildman–Crippen MR) is 126 cm³/mol. The maximum atomic E-state index is 13.2. The van der Waals surface area contributed by atoms with Crippen molar-refractivity contribution in [3.8, 4) is 0 Å². The number of aromatic nitrogens is 4. The van der Waals surface area contributed by atoms with E-state index in [1.165, 1.54) is 38.5 Å². The molecule has 8 nitrogen and oxygen atoms in total. The van der Waals surface area contributed by atoms with Crippen molar-refractivity contribution >= 4 is 23.0 Å². The number of hydrogen-bond donors (Lipinski definition) is 1. The molecule has 0 unspecified atom stereocenters. The van der Waals surface area contributed by atoms with Crippen LogP contribution in [0.4, 0.5) is 5.69 Å². The fourth-order valence-electron chi connectivity index (χ4n) is 7.79. The number of anilines is 1. The third kappa shape index (κ3) is 3.34. The molecule has 4 aliphatic carbocycles. The zero-order valence-corrected chi connectivity index (χ0v) is 19.3. The van der Waals surface area contributed by atoms with Gasteiger partial charge in [-0.15, -0.1) is 0 Å². The fourth-order valence-corrected chi connectivity index (χ4v) is 7.79. The lowest BCUT2D eigenvalue weighted by Crippen LogP contribution is -2.47.